The van der Waals surface area contributed by atoms with Gasteiger partial charge in [0.1, 0.15) is 37.5 Å². The van der Waals surface area contributed by atoms with Gasteiger partial charge in [-0.25, -0.2) is 0 Å². The normalized spacial score (nSPS) is 11.4. The van der Waals surface area contributed by atoms with Crippen molar-refractivity contribution in [3.8, 4) is 0 Å². The number of hydrogen-bond acceptors (Lipinski definition) is 6. The number of hydrogen-bond donors (Lipinski definition) is 6. The molecule has 0 rings (SSSR count). The third-order valence-electron chi connectivity index (χ3n) is 1.63. The molecule has 12 nitrogen and oxygen atoms in total. The molecule has 124 valence electrons. The molecule has 0 aromatic rings. The predicted molar refractivity (Wildman–Crippen MR) is 61.5 cm³/mol. The average molecular weight is 304 g/mol. The van der Waals surface area contributed by atoms with Crippen molar-refractivity contribution < 1.29 is 52.4 Å². The molecule has 14 N–H and O–H groups in total. The van der Waals surface area contributed by atoms with Gasteiger partial charge < -0.3 is 63.1 Å². The van der Waals surface area contributed by atoms with E-state index in [1.807, 2.05) is 10.6 Å². The van der Waals surface area contributed by atoms with Crippen LogP contribution in [0, 0.1) is 0 Å². The first-order valence-electron chi connectivity index (χ1n) is 5.17. The largest absolute Gasteiger partial charge is 0.530 e. The van der Waals surface area contributed by atoms with E-state index < -0.39 is 24.4 Å². The number of carbonyl (C=O) groups excluding carboxylic acids is 2. The first-order valence-corrected chi connectivity index (χ1v) is 5.17. The first kappa shape index (κ1) is 26.8. The Morgan fingerprint density at radius 3 is 1.30 bits per heavy atom. The number of carbonyl (C=O) groups is 2. The molecule has 0 aliphatic rings. The minimum Gasteiger partial charge on any atom is -0.530 e. The number of carboxylic acid groups (broad SMARTS) is 2. The highest BCUT2D eigenvalue weighted by atomic mass is 16.4. The van der Waals surface area contributed by atoms with Crippen LogP contribution < -0.4 is 32.3 Å². The van der Waals surface area contributed by atoms with Crippen molar-refractivity contribution in [3.05, 3.63) is 0 Å². The number of amides is 2. The molecule has 12 heteroatoms. The van der Waals surface area contributed by atoms with E-state index in [1.165, 1.54) is 0 Å². The van der Waals surface area contributed by atoms with Gasteiger partial charge >= 0.3 is 0 Å². The maximum absolute atomic E-state index is 9.67. The zero-order valence-corrected chi connectivity index (χ0v) is 10.9. The molecule has 0 aromatic heterocycles. The molecule has 0 aromatic carbocycles. The quantitative estimate of drug-likeness (QED) is 0.277. The molecule has 20 heavy (non-hydrogen) atoms. The van der Waals surface area contributed by atoms with Gasteiger partial charge in [0, 0.05) is 13.1 Å². The number of aliphatic hydroxyl groups is 2. The molecular formula is C8H24N4O8. The smallest absolute Gasteiger partial charge is 0.134 e. The second-order valence-electron chi connectivity index (χ2n) is 3.22. The van der Waals surface area contributed by atoms with Crippen molar-refractivity contribution in [2.75, 3.05) is 26.2 Å². The topological polar surface area (TPSA) is 263 Å². The Hall–Kier alpha value is -1.70. The first-order chi connectivity index (χ1) is 8.33. The molecule has 0 bridgehead atoms. The fourth-order valence-corrected chi connectivity index (χ4v) is 0.606. The fraction of sp³-hybridized carbons (Fsp3) is 0.750. The summed E-state index contributed by atoms with van der Waals surface area (Å²) in [6, 6.07) is 0. The van der Waals surface area contributed by atoms with Crippen LogP contribution in [0.25, 0.3) is 0 Å². The van der Waals surface area contributed by atoms with Crippen molar-refractivity contribution in [2.45, 2.75) is 12.2 Å². The SMILES string of the molecule is O.O.[NH3+]C[C@H](O)CNC(=O)[O-].[NH3+]C[C@H](O)CNC(=O)[O-]. The van der Waals surface area contributed by atoms with E-state index in [0.717, 1.165) is 0 Å². The van der Waals surface area contributed by atoms with Crippen molar-refractivity contribution in [2.24, 2.45) is 0 Å². The molecule has 0 heterocycles. The van der Waals surface area contributed by atoms with E-state index in [9.17, 15) is 19.8 Å². The zero-order chi connectivity index (χ0) is 14.6. The van der Waals surface area contributed by atoms with E-state index in [1.54, 1.807) is 0 Å². The Morgan fingerprint density at radius 1 is 0.900 bits per heavy atom. The zero-order valence-electron chi connectivity index (χ0n) is 10.9. The van der Waals surface area contributed by atoms with E-state index in [4.69, 9.17) is 10.2 Å². The molecule has 2 atom stereocenters. The Morgan fingerprint density at radius 2 is 1.15 bits per heavy atom. The van der Waals surface area contributed by atoms with Gasteiger partial charge in [-0.2, -0.15) is 0 Å². The molecule has 0 unspecified atom stereocenters. The molecule has 2 amide bonds. The number of nitrogens with one attached hydrogen (secondary N) is 2. The van der Waals surface area contributed by atoms with Crippen molar-refractivity contribution in [3.63, 3.8) is 0 Å². The van der Waals surface area contributed by atoms with Gasteiger partial charge in [0.05, 0.1) is 0 Å². The van der Waals surface area contributed by atoms with Crippen molar-refractivity contribution in [1.29, 1.82) is 0 Å². The molecule has 0 saturated heterocycles. The van der Waals surface area contributed by atoms with Crippen LogP contribution in [0.2, 0.25) is 0 Å². The van der Waals surface area contributed by atoms with Gasteiger partial charge in [0.15, 0.2) is 0 Å². The van der Waals surface area contributed by atoms with Gasteiger partial charge in [-0.3, -0.25) is 0 Å². The molecule has 0 aliphatic heterocycles. The third-order valence-corrected chi connectivity index (χ3v) is 1.63. The van der Waals surface area contributed by atoms with Gasteiger partial charge in [-0.05, 0) is 0 Å². The Kier molecular flexibility index (Phi) is 23.2. The minimum atomic E-state index is -1.37. The number of rotatable bonds is 6. The highest BCUT2D eigenvalue weighted by Crippen LogP contribution is 1.71. The standard InChI is InChI=1S/2C4H10N2O3.2H2O/c2*5-1-3(7)2-6-4(8)9;;/h2*3,6-7H,1-2,5H2,(H,8,9);2*1H2/t2*3-;;/m00../s1. The van der Waals surface area contributed by atoms with Crippen LogP contribution in [0.5, 0.6) is 0 Å². The summed E-state index contributed by atoms with van der Waals surface area (Å²) in [7, 11) is 0. The van der Waals surface area contributed by atoms with Gasteiger partial charge in [-0.15, -0.1) is 0 Å². The van der Waals surface area contributed by atoms with E-state index in [-0.39, 0.29) is 24.0 Å². The summed E-state index contributed by atoms with van der Waals surface area (Å²) in [5, 5.41) is 40.5. The minimum absolute atomic E-state index is 0. The van der Waals surface area contributed by atoms with Crippen LogP contribution in [0.4, 0.5) is 9.59 Å². The Labute approximate surface area is 115 Å². The lowest BCUT2D eigenvalue weighted by atomic mass is 10.4. The van der Waals surface area contributed by atoms with E-state index >= 15 is 0 Å². The molecule has 0 aliphatic carbocycles. The summed E-state index contributed by atoms with van der Waals surface area (Å²) >= 11 is 0. The molecule has 0 radical (unpaired) electrons. The lowest BCUT2D eigenvalue weighted by Gasteiger charge is -2.08. The molecule has 0 spiro atoms. The number of quaternary nitrogens is 2. The van der Waals surface area contributed by atoms with Crippen LogP contribution in [-0.2, 0) is 0 Å². The molecule has 0 fully saturated rings. The fourth-order valence-electron chi connectivity index (χ4n) is 0.606. The average Bonchev–Trinajstić information content (AvgIpc) is 2.33. The predicted octanol–water partition coefficient (Wildman–Crippen LogP) is -8.61. The van der Waals surface area contributed by atoms with Crippen LogP contribution in [0.3, 0.4) is 0 Å². The van der Waals surface area contributed by atoms with Gasteiger partial charge in [-0.1, -0.05) is 0 Å². The van der Waals surface area contributed by atoms with Crippen molar-refractivity contribution in [1.82, 2.24) is 10.6 Å². The van der Waals surface area contributed by atoms with Crippen LogP contribution >= 0.6 is 0 Å². The lowest BCUT2D eigenvalue weighted by Crippen LogP contribution is -2.58. The summed E-state index contributed by atoms with van der Waals surface area (Å²) < 4.78 is 0. The maximum Gasteiger partial charge on any atom is 0.134 e. The summed E-state index contributed by atoms with van der Waals surface area (Å²) in [5.41, 5.74) is 6.72. The number of aliphatic hydroxyl groups excluding tert-OH is 2. The van der Waals surface area contributed by atoms with Crippen LogP contribution in [0.15, 0.2) is 0 Å². The summed E-state index contributed by atoms with van der Waals surface area (Å²) in [6.07, 6.45) is -4.16. The van der Waals surface area contributed by atoms with Crippen LogP contribution in [-0.4, -0.2) is 71.7 Å². The second kappa shape index (κ2) is 17.3. The van der Waals surface area contributed by atoms with Gasteiger partial charge in [0.2, 0.25) is 0 Å². The monoisotopic (exact) mass is 304 g/mol. The summed E-state index contributed by atoms with van der Waals surface area (Å²) in [4.78, 5) is 19.3. The second-order valence-corrected chi connectivity index (χ2v) is 3.22. The summed E-state index contributed by atoms with van der Waals surface area (Å²) in [6.45, 7) is 0.568. The Bertz CT molecular complexity index is 219. The molecule has 0 saturated carbocycles. The van der Waals surface area contributed by atoms with E-state index in [2.05, 4.69) is 11.5 Å². The highest BCUT2D eigenvalue weighted by Gasteiger charge is 2.00. The third kappa shape index (κ3) is 25.2. The summed E-state index contributed by atoms with van der Waals surface area (Å²) in [5.74, 6) is 0. The lowest BCUT2D eigenvalue weighted by molar-refractivity contribution is -0.383. The molecular weight excluding hydrogens is 280 g/mol. The highest BCUT2D eigenvalue weighted by molar-refractivity contribution is 5.62. The van der Waals surface area contributed by atoms with Crippen molar-refractivity contribution >= 4 is 12.2 Å². The maximum atomic E-state index is 9.67. The van der Waals surface area contributed by atoms with E-state index in [0.29, 0.717) is 13.1 Å². The van der Waals surface area contributed by atoms with Gasteiger partial charge in [0.25, 0.3) is 0 Å². The Balaban J connectivity index is -0.000000116. The van der Waals surface area contributed by atoms with Crippen LogP contribution in [0.1, 0.15) is 0 Å².